The SMILES string of the molecule is Nc1nc2c(ncn2[C@@H]2O[C@H](CO)[C@@H](F)[C@H]2OP(O)(=S)OCC2=C(O)[C@H](F)[C@H](n3nnc4c(N)ncnc43)O2)c(=O)[nH]1. The minimum atomic E-state index is -4.39. The Kier molecular flexibility index (Phi) is 7.00. The van der Waals surface area contributed by atoms with Crippen molar-refractivity contribution >= 4 is 52.6 Å². The van der Waals surface area contributed by atoms with Gasteiger partial charge in [0.1, 0.15) is 25.1 Å². The van der Waals surface area contributed by atoms with Crippen LogP contribution >= 0.6 is 6.72 Å². The highest BCUT2D eigenvalue weighted by Gasteiger charge is 2.50. The minimum Gasteiger partial charge on any atom is -0.506 e. The quantitative estimate of drug-likeness (QED) is 0.127. The average Bonchev–Trinajstić information content (AvgIpc) is 3.69. The number of H-pyrrole nitrogens is 1. The number of hydrogen-bond donors (Lipinski definition) is 6. The zero-order valence-corrected chi connectivity index (χ0v) is 22.5. The molecular weight excluding hydrogens is 611 g/mol. The fourth-order valence-corrected chi connectivity index (χ4v) is 5.75. The number of nitrogens with zero attached hydrogens (tertiary/aromatic N) is 8. The highest BCUT2D eigenvalue weighted by Crippen LogP contribution is 2.51. The van der Waals surface area contributed by atoms with Gasteiger partial charge in [-0.1, -0.05) is 5.21 Å². The molecule has 4 aromatic heterocycles. The third-order valence-corrected chi connectivity index (χ3v) is 7.91. The van der Waals surface area contributed by atoms with E-state index < -0.39 is 74.0 Å². The highest BCUT2D eigenvalue weighted by molar-refractivity contribution is 8.07. The summed E-state index contributed by atoms with van der Waals surface area (Å²) in [4.78, 5) is 40.8. The molecule has 0 saturated carbocycles. The van der Waals surface area contributed by atoms with Gasteiger partial charge < -0.3 is 40.6 Å². The standard InChI is InChI=1S/C19H20F2N11O8PS/c20-7-5(1-33)38-18(31-4-26-10-15(31)27-19(23)28-16(10)35)12(7)40-41(36,42)37-2-6-11(34)8(21)17(39-6)32-14-9(29-30-32)13(22)24-3-25-14/h3-5,7-8,12,17-18,33-34H,1-2H2,(H,36,42)(H2,22,24,25)(H3,23,27,28,35)/t5-,7-,8+,12-,17-,18-,41?/m1/s1. The number of aliphatic hydroxyl groups excluding tert-OH is 2. The summed E-state index contributed by atoms with van der Waals surface area (Å²) in [6.45, 7) is -5.98. The molecule has 19 nitrogen and oxygen atoms in total. The number of nitrogens with one attached hydrogen (secondary N) is 1. The van der Waals surface area contributed by atoms with E-state index in [1.54, 1.807) is 0 Å². The molecule has 1 saturated heterocycles. The fourth-order valence-electron chi connectivity index (χ4n) is 4.42. The second-order valence-corrected chi connectivity index (χ2v) is 11.8. The minimum absolute atomic E-state index is 0.0166. The Morgan fingerprint density at radius 3 is 2.74 bits per heavy atom. The normalized spacial score (nSPS) is 27.6. The summed E-state index contributed by atoms with van der Waals surface area (Å²) in [6, 6.07) is 0. The maximum absolute atomic E-state index is 15.3. The van der Waals surface area contributed by atoms with E-state index in [0.29, 0.717) is 0 Å². The van der Waals surface area contributed by atoms with Crippen LogP contribution in [0.2, 0.25) is 0 Å². The number of fused-ring (bicyclic) bond motifs is 2. The van der Waals surface area contributed by atoms with Gasteiger partial charge in [0.25, 0.3) is 5.56 Å². The molecule has 0 amide bonds. The fraction of sp³-hybridized carbons (Fsp3) is 0.421. The molecule has 1 fully saturated rings. The highest BCUT2D eigenvalue weighted by atomic mass is 32.5. The molecular formula is C19H20F2N11O8PS. The van der Waals surface area contributed by atoms with Crippen LogP contribution in [0.5, 0.6) is 0 Å². The molecule has 7 atom stereocenters. The van der Waals surface area contributed by atoms with Crippen LogP contribution < -0.4 is 17.0 Å². The molecule has 224 valence electrons. The van der Waals surface area contributed by atoms with E-state index in [1.807, 2.05) is 0 Å². The van der Waals surface area contributed by atoms with Crippen molar-refractivity contribution in [3.8, 4) is 0 Å². The summed E-state index contributed by atoms with van der Waals surface area (Å²) < 4.78 is 54.0. The van der Waals surface area contributed by atoms with Crippen molar-refractivity contribution in [1.29, 1.82) is 0 Å². The maximum Gasteiger partial charge on any atom is 0.325 e. The van der Waals surface area contributed by atoms with Gasteiger partial charge in [-0.15, -0.1) is 5.10 Å². The van der Waals surface area contributed by atoms with Crippen molar-refractivity contribution in [2.24, 2.45) is 0 Å². The van der Waals surface area contributed by atoms with Crippen molar-refractivity contribution in [2.45, 2.75) is 37.0 Å². The molecule has 0 bridgehead atoms. The van der Waals surface area contributed by atoms with Gasteiger partial charge in [-0.2, -0.15) is 9.67 Å². The summed E-state index contributed by atoms with van der Waals surface area (Å²) in [5.74, 6) is -1.66. The zero-order valence-electron chi connectivity index (χ0n) is 20.8. The Morgan fingerprint density at radius 2 is 1.98 bits per heavy atom. The number of ether oxygens (including phenoxy) is 2. The van der Waals surface area contributed by atoms with Gasteiger partial charge in [-0.05, 0) is 11.8 Å². The number of aromatic amines is 1. The molecule has 2 aliphatic heterocycles. The Hall–Kier alpha value is -3.92. The van der Waals surface area contributed by atoms with E-state index in [2.05, 4.69) is 35.2 Å². The number of aromatic nitrogens is 9. The Morgan fingerprint density at radius 1 is 1.19 bits per heavy atom. The largest absolute Gasteiger partial charge is 0.506 e. The molecule has 8 N–H and O–H groups in total. The van der Waals surface area contributed by atoms with Gasteiger partial charge in [0.15, 0.2) is 52.1 Å². The third-order valence-electron chi connectivity index (χ3n) is 6.37. The molecule has 23 heteroatoms. The first-order valence-electron chi connectivity index (χ1n) is 11.8. The van der Waals surface area contributed by atoms with E-state index in [0.717, 1.165) is 21.9 Å². The van der Waals surface area contributed by atoms with Gasteiger partial charge in [0.05, 0.1) is 12.9 Å². The summed E-state index contributed by atoms with van der Waals surface area (Å²) >= 11 is 5.03. The molecule has 0 radical (unpaired) electrons. The number of anilines is 2. The molecule has 6 heterocycles. The van der Waals surface area contributed by atoms with Crippen LogP contribution in [-0.4, -0.2) is 97.4 Å². The molecule has 2 aliphatic rings. The van der Waals surface area contributed by atoms with Crippen molar-refractivity contribution in [3.63, 3.8) is 0 Å². The number of aliphatic hydroxyl groups is 2. The second-order valence-electron chi connectivity index (χ2n) is 8.96. The summed E-state index contributed by atoms with van der Waals surface area (Å²) in [6.07, 6.45) is -8.17. The van der Waals surface area contributed by atoms with Crippen molar-refractivity contribution in [1.82, 2.24) is 44.5 Å². The lowest BCUT2D eigenvalue weighted by Crippen LogP contribution is -2.31. The van der Waals surface area contributed by atoms with Gasteiger partial charge in [0.2, 0.25) is 18.3 Å². The van der Waals surface area contributed by atoms with Gasteiger partial charge >= 0.3 is 6.72 Å². The second kappa shape index (κ2) is 10.4. The van der Waals surface area contributed by atoms with Gasteiger partial charge in [-0.3, -0.25) is 18.9 Å². The van der Waals surface area contributed by atoms with Crippen LogP contribution in [0.3, 0.4) is 0 Å². The smallest absolute Gasteiger partial charge is 0.325 e. The van der Waals surface area contributed by atoms with Crippen molar-refractivity contribution in [2.75, 3.05) is 24.7 Å². The van der Waals surface area contributed by atoms with Crippen LogP contribution in [0.15, 0.2) is 29.0 Å². The number of halogens is 2. The predicted molar refractivity (Wildman–Crippen MR) is 138 cm³/mol. The predicted octanol–water partition coefficient (Wildman–Crippen LogP) is -0.998. The Balaban J connectivity index is 1.20. The Bertz CT molecular complexity index is 1820. The van der Waals surface area contributed by atoms with Crippen LogP contribution in [0.4, 0.5) is 20.5 Å². The molecule has 0 spiro atoms. The van der Waals surface area contributed by atoms with Crippen LogP contribution in [0.1, 0.15) is 12.5 Å². The third kappa shape index (κ3) is 4.71. The molecule has 0 aromatic carbocycles. The van der Waals surface area contributed by atoms with Crippen molar-refractivity contribution < 1.29 is 42.4 Å². The number of imidazole rings is 1. The van der Waals surface area contributed by atoms with Crippen LogP contribution in [-0.2, 0) is 30.3 Å². The van der Waals surface area contributed by atoms with Crippen molar-refractivity contribution in [3.05, 3.63) is 34.5 Å². The lowest BCUT2D eigenvalue weighted by molar-refractivity contribution is -0.0479. The van der Waals surface area contributed by atoms with E-state index in [9.17, 15) is 24.3 Å². The molecule has 42 heavy (non-hydrogen) atoms. The lowest BCUT2D eigenvalue weighted by atomic mass is 10.1. The lowest BCUT2D eigenvalue weighted by Gasteiger charge is -2.25. The molecule has 1 unspecified atom stereocenters. The monoisotopic (exact) mass is 631 g/mol. The van der Waals surface area contributed by atoms with Crippen LogP contribution in [0.25, 0.3) is 22.3 Å². The zero-order chi connectivity index (χ0) is 29.9. The molecule has 4 aromatic rings. The first-order valence-corrected chi connectivity index (χ1v) is 14.4. The Labute approximate surface area is 236 Å². The number of nitrogens with two attached hydrogens (primary N) is 2. The van der Waals surface area contributed by atoms with Gasteiger partial charge in [-0.25, -0.2) is 23.7 Å². The van der Waals surface area contributed by atoms with Crippen LogP contribution in [0, 0.1) is 0 Å². The molecule has 0 aliphatic carbocycles. The number of alkyl halides is 2. The summed E-state index contributed by atoms with van der Waals surface area (Å²) in [7, 11) is 0. The van der Waals surface area contributed by atoms with E-state index in [1.165, 1.54) is 0 Å². The number of rotatable bonds is 8. The first kappa shape index (κ1) is 28.2. The molecule has 6 rings (SSSR count). The summed E-state index contributed by atoms with van der Waals surface area (Å²) in [5, 5.41) is 27.5. The average molecular weight is 631 g/mol. The summed E-state index contributed by atoms with van der Waals surface area (Å²) in [5.41, 5.74) is 10.5. The van der Waals surface area contributed by atoms with E-state index >= 15 is 4.39 Å². The maximum atomic E-state index is 15.3. The van der Waals surface area contributed by atoms with Gasteiger partial charge in [0, 0.05) is 0 Å². The van der Waals surface area contributed by atoms with E-state index in [4.69, 9.17) is 41.8 Å². The first-order chi connectivity index (χ1) is 20.0. The number of nitrogen functional groups attached to an aromatic ring is 2. The van der Waals surface area contributed by atoms with E-state index in [-0.39, 0.29) is 34.1 Å². The number of hydrogen-bond acceptors (Lipinski definition) is 16. The topological polar surface area (TPSA) is 270 Å².